The van der Waals surface area contributed by atoms with Gasteiger partial charge in [-0.3, -0.25) is 9.20 Å². The number of aliphatic hydroxyl groups is 1. The third-order valence-electron chi connectivity index (χ3n) is 5.28. The molecule has 3 heterocycles. The molecule has 3 aromatic rings. The lowest BCUT2D eigenvalue weighted by Gasteiger charge is -2.29. The van der Waals surface area contributed by atoms with Crippen LogP contribution in [0.1, 0.15) is 47.3 Å². The van der Waals surface area contributed by atoms with Crippen LogP contribution in [-0.4, -0.2) is 44.2 Å². The van der Waals surface area contributed by atoms with Crippen LogP contribution >= 0.6 is 0 Å². The number of carbonyl (C=O) groups excluding carboxylic acids is 1. The Morgan fingerprint density at radius 2 is 2.00 bits per heavy atom. The Kier molecular flexibility index (Phi) is 4.77. The number of amides is 1. The van der Waals surface area contributed by atoms with E-state index in [-0.39, 0.29) is 11.8 Å². The standard InChI is InChI=1S/C21H24N4O3/c1-13(2)19(26)20-23-22-18-7-5-16(12-25(18)20)21(27)24-9-8-14-10-17(28-3)6-4-15(14)11-24/h4-7,10,12-13,19,26H,8-9,11H2,1-3H3. The molecule has 0 fully saturated rings. The maximum atomic E-state index is 13.1. The lowest BCUT2D eigenvalue weighted by atomic mass is 9.99. The van der Waals surface area contributed by atoms with Crippen LogP contribution in [0.25, 0.3) is 5.65 Å². The summed E-state index contributed by atoms with van der Waals surface area (Å²) in [6, 6.07) is 9.52. The van der Waals surface area contributed by atoms with E-state index in [4.69, 9.17) is 4.74 Å². The fraction of sp³-hybridized carbons (Fsp3) is 0.381. The number of benzene rings is 1. The fourth-order valence-electron chi connectivity index (χ4n) is 3.55. The van der Waals surface area contributed by atoms with Gasteiger partial charge in [-0.05, 0) is 47.7 Å². The molecule has 4 rings (SSSR count). The molecule has 0 saturated carbocycles. The number of hydrogen-bond acceptors (Lipinski definition) is 5. The van der Waals surface area contributed by atoms with Gasteiger partial charge in [-0.2, -0.15) is 0 Å². The van der Waals surface area contributed by atoms with Gasteiger partial charge in [-0.25, -0.2) is 0 Å². The van der Waals surface area contributed by atoms with Gasteiger partial charge in [0.2, 0.25) is 0 Å². The van der Waals surface area contributed by atoms with Crippen LogP contribution < -0.4 is 4.74 Å². The lowest BCUT2D eigenvalue weighted by Crippen LogP contribution is -2.36. The van der Waals surface area contributed by atoms with Crippen molar-refractivity contribution in [1.82, 2.24) is 19.5 Å². The molecule has 0 radical (unpaired) electrons. The van der Waals surface area contributed by atoms with Crippen molar-refractivity contribution in [2.75, 3.05) is 13.7 Å². The topological polar surface area (TPSA) is 80.0 Å². The molecule has 7 heteroatoms. The number of carbonyl (C=O) groups is 1. The van der Waals surface area contributed by atoms with E-state index in [2.05, 4.69) is 10.2 Å². The maximum Gasteiger partial charge on any atom is 0.255 e. The molecule has 1 unspecified atom stereocenters. The Balaban J connectivity index is 1.61. The van der Waals surface area contributed by atoms with E-state index >= 15 is 0 Å². The second-order valence-corrected chi connectivity index (χ2v) is 7.50. The molecule has 1 atom stereocenters. The molecule has 28 heavy (non-hydrogen) atoms. The van der Waals surface area contributed by atoms with E-state index in [1.165, 1.54) is 5.56 Å². The summed E-state index contributed by atoms with van der Waals surface area (Å²) in [7, 11) is 1.66. The van der Waals surface area contributed by atoms with Gasteiger partial charge in [-0.1, -0.05) is 19.9 Å². The zero-order valence-corrected chi connectivity index (χ0v) is 16.3. The number of pyridine rings is 1. The zero-order chi connectivity index (χ0) is 19.8. The molecule has 146 valence electrons. The molecule has 0 spiro atoms. The number of rotatable bonds is 4. The van der Waals surface area contributed by atoms with E-state index in [0.29, 0.717) is 30.1 Å². The molecule has 7 nitrogen and oxygen atoms in total. The van der Waals surface area contributed by atoms with Crippen LogP contribution in [0.4, 0.5) is 0 Å². The van der Waals surface area contributed by atoms with Crippen molar-refractivity contribution in [3.63, 3.8) is 0 Å². The summed E-state index contributed by atoms with van der Waals surface area (Å²) in [4.78, 5) is 14.9. The van der Waals surface area contributed by atoms with Gasteiger partial charge < -0.3 is 14.7 Å². The van der Waals surface area contributed by atoms with Gasteiger partial charge in [0.15, 0.2) is 11.5 Å². The third kappa shape index (κ3) is 3.22. The van der Waals surface area contributed by atoms with Gasteiger partial charge in [0, 0.05) is 19.3 Å². The van der Waals surface area contributed by atoms with Crippen LogP contribution in [0.15, 0.2) is 36.5 Å². The van der Waals surface area contributed by atoms with Gasteiger partial charge in [0.1, 0.15) is 11.9 Å². The fourth-order valence-corrected chi connectivity index (χ4v) is 3.55. The van der Waals surface area contributed by atoms with Crippen molar-refractivity contribution < 1.29 is 14.6 Å². The third-order valence-corrected chi connectivity index (χ3v) is 5.28. The van der Waals surface area contributed by atoms with Crippen molar-refractivity contribution in [3.8, 4) is 5.75 Å². The normalized spacial score (nSPS) is 15.0. The summed E-state index contributed by atoms with van der Waals surface area (Å²) in [5, 5.41) is 18.6. The van der Waals surface area contributed by atoms with Gasteiger partial charge in [0.25, 0.3) is 5.91 Å². The number of aromatic nitrogens is 3. The zero-order valence-electron chi connectivity index (χ0n) is 16.3. The van der Waals surface area contributed by atoms with Crippen molar-refractivity contribution in [2.45, 2.75) is 32.9 Å². The highest BCUT2D eigenvalue weighted by molar-refractivity contribution is 5.94. The Morgan fingerprint density at radius 3 is 2.75 bits per heavy atom. The second kappa shape index (κ2) is 7.24. The molecule has 2 aromatic heterocycles. The largest absolute Gasteiger partial charge is 0.497 e. The van der Waals surface area contributed by atoms with Crippen molar-refractivity contribution >= 4 is 11.6 Å². The predicted molar refractivity (Wildman–Crippen MR) is 104 cm³/mol. The number of hydrogen-bond donors (Lipinski definition) is 1. The van der Waals surface area contributed by atoms with Gasteiger partial charge >= 0.3 is 0 Å². The maximum absolute atomic E-state index is 13.1. The Morgan fingerprint density at radius 1 is 1.18 bits per heavy atom. The highest BCUT2D eigenvalue weighted by Gasteiger charge is 2.24. The summed E-state index contributed by atoms with van der Waals surface area (Å²) in [5.74, 6) is 1.26. The molecule has 1 amide bonds. The highest BCUT2D eigenvalue weighted by atomic mass is 16.5. The molecule has 0 aliphatic carbocycles. The predicted octanol–water partition coefficient (Wildman–Crippen LogP) is 2.63. The molecular weight excluding hydrogens is 356 g/mol. The number of fused-ring (bicyclic) bond motifs is 2. The van der Waals surface area contributed by atoms with Crippen LogP contribution in [0.3, 0.4) is 0 Å². The monoisotopic (exact) mass is 380 g/mol. The summed E-state index contributed by atoms with van der Waals surface area (Å²) in [6.07, 6.45) is 1.78. The SMILES string of the molecule is COc1ccc2c(c1)CCN(C(=O)c1ccc3nnc(C(O)C(C)C)n3c1)C2. The summed E-state index contributed by atoms with van der Waals surface area (Å²) >= 11 is 0. The van der Waals surface area contributed by atoms with E-state index in [9.17, 15) is 9.90 Å². The van der Waals surface area contributed by atoms with E-state index < -0.39 is 6.10 Å². The molecule has 1 N–H and O–H groups in total. The summed E-state index contributed by atoms with van der Waals surface area (Å²) in [6.45, 7) is 5.06. The molecule has 1 aromatic carbocycles. The summed E-state index contributed by atoms with van der Waals surface area (Å²) in [5.41, 5.74) is 3.53. The lowest BCUT2D eigenvalue weighted by molar-refractivity contribution is 0.0733. The average molecular weight is 380 g/mol. The first-order valence-electron chi connectivity index (χ1n) is 9.45. The first kappa shape index (κ1) is 18.4. The number of ether oxygens (including phenoxy) is 1. The quantitative estimate of drug-likeness (QED) is 0.753. The minimum absolute atomic E-state index is 0.00217. The van der Waals surface area contributed by atoms with Crippen molar-refractivity contribution in [1.29, 1.82) is 0 Å². The molecular formula is C21H24N4O3. The molecule has 1 aliphatic rings. The van der Waals surface area contributed by atoms with Crippen LogP contribution in [0.5, 0.6) is 5.75 Å². The van der Waals surface area contributed by atoms with E-state index in [1.807, 2.05) is 36.9 Å². The van der Waals surface area contributed by atoms with Crippen LogP contribution in [0, 0.1) is 5.92 Å². The Bertz CT molecular complexity index is 1030. The highest BCUT2D eigenvalue weighted by Crippen LogP contribution is 2.25. The van der Waals surface area contributed by atoms with Crippen LogP contribution in [-0.2, 0) is 13.0 Å². The van der Waals surface area contributed by atoms with Crippen LogP contribution in [0.2, 0.25) is 0 Å². The second-order valence-electron chi connectivity index (χ2n) is 7.50. The number of methoxy groups -OCH3 is 1. The molecule has 0 saturated heterocycles. The van der Waals surface area contributed by atoms with Gasteiger partial charge in [-0.15, -0.1) is 10.2 Å². The Labute approximate surface area is 163 Å². The van der Waals surface area contributed by atoms with E-state index in [0.717, 1.165) is 17.7 Å². The molecule has 0 bridgehead atoms. The van der Waals surface area contributed by atoms with Crippen molar-refractivity contribution in [3.05, 3.63) is 59.0 Å². The van der Waals surface area contributed by atoms with Gasteiger partial charge in [0.05, 0.1) is 12.7 Å². The van der Waals surface area contributed by atoms with Crippen molar-refractivity contribution in [2.24, 2.45) is 5.92 Å². The first-order valence-corrected chi connectivity index (χ1v) is 9.45. The number of nitrogens with zero attached hydrogens (tertiary/aromatic N) is 4. The Hall–Kier alpha value is -2.93. The van der Waals surface area contributed by atoms with E-state index in [1.54, 1.807) is 29.8 Å². The first-order chi connectivity index (χ1) is 13.5. The number of aliphatic hydroxyl groups excluding tert-OH is 1. The smallest absolute Gasteiger partial charge is 0.255 e. The minimum Gasteiger partial charge on any atom is -0.497 e. The molecule has 1 aliphatic heterocycles. The minimum atomic E-state index is -0.739. The average Bonchev–Trinajstić information content (AvgIpc) is 3.14. The summed E-state index contributed by atoms with van der Waals surface area (Å²) < 4.78 is 7.00.